The molecule has 104 valence electrons. The maximum absolute atomic E-state index is 13.3. The fourth-order valence-corrected chi connectivity index (χ4v) is 2.65. The average Bonchev–Trinajstić information content (AvgIpc) is 2.73. The minimum Gasteiger partial charge on any atom is -0.459 e. The van der Waals surface area contributed by atoms with Gasteiger partial charge < -0.3 is 10.2 Å². The lowest BCUT2D eigenvalue weighted by atomic mass is 9.93. The number of benzene rings is 1. The molecule has 2 aromatic rings. The summed E-state index contributed by atoms with van der Waals surface area (Å²) in [7, 11) is 0. The summed E-state index contributed by atoms with van der Waals surface area (Å²) in [6.45, 7) is 6.32. The molecule has 0 radical (unpaired) electrons. The highest BCUT2D eigenvalue weighted by atomic mass is 19.1. The third-order valence-electron chi connectivity index (χ3n) is 4.01. The number of furan rings is 1. The zero-order valence-electron chi connectivity index (χ0n) is 11.9. The fourth-order valence-electron chi connectivity index (χ4n) is 2.65. The van der Waals surface area contributed by atoms with Crippen molar-refractivity contribution in [2.24, 2.45) is 11.7 Å². The lowest BCUT2D eigenvalue weighted by molar-refractivity contribution is 0.377. The van der Waals surface area contributed by atoms with E-state index in [1.165, 1.54) is 12.1 Å². The highest BCUT2D eigenvalue weighted by Gasteiger charge is 2.19. The van der Waals surface area contributed by atoms with E-state index < -0.39 is 0 Å². The largest absolute Gasteiger partial charge is 0.459 e. The molecule has 2 N–H and O–H groups in total. The van der Waals surface area contributed by atoms with Crippen molar-refractivity contribution < 1.29 is 8.81 Å². The first-order valence-corrected chi connectivity index (χ1v) is 7.00. The SMILES string of the molecule is CCC(CC)CC(N)c1oc2ccc(F)cc2c1C. The van der Waals surface area contributed by atoms with E-state index in [0.29, 0.717) is 11.5 Å². The molecule has 1 atom stereocenters. The van der Waals surface area contributed by atoms with Crippen LogP contribution in [0.2, 0.25) is 0 Å². The Bertz CT molecular complexity index is 557. The molecule has 0 aliphatic carbocycles. The van der Waals surface area contributed by atoms with Gasteiger partial charge in [-0.25, -0.2) is 4.39 Å². The van der Waals surface area contributed by atoms with E-state index in [1.807, 2.05) is 6.92 Å². The van der Waals surface area contributed by atoms with E-state index in [4.69, 9.17) is 10.2 Å². The first kappa shape index (κ1) is 14.1. The molecular formula is C16H22FNO. The van der Waals surface area contributed by atoms with Gasteiger partial charge in [-0.15, -0.1) is 0 Å². The number of halogens is 1. The maximum Gasteiger partial charge on any atom is 0.134 e. The number of fused-ring (bicyclic) bond motifs is 1. The van der Waals surface area contributed by atoms with Crippen molar-refractivity contribution in [2.75, 3.05) is 0 Å². The normalized spacial score (nSPS) is 13.4. The first-order valence-electron chi connectivity index (χ1n) is 7.00. The maximum atomic E-state index is 13.3. The molecule has 0 aliphatic rings. The predicted octanol–water partition coefficient (Wildman–Crippen LogP) is 4.71. The van der Waals surface area contributed by atoms with E-state index in [-0.39, 0.29) is 11.9 Å². The summed E-state index contributed by atoms with van der Waals surface area (Å²) < 4.78 is 19.1. The smallest absolute Gasteiger partial charge is 0.134 e. The Morgan fingerprint density at radius 2 is 1.95 bits per heavy atom. The molecule has 0 amide bonds. The Morgan fingerprint density at radius 1 is 1.26 bits per heavy atom. The van der Waals surface area contributed by atoms with Gasteiger partial charge in [0.2, 0.25) is 0 Å². The third-order valence-corrected chi connectivity index (χ3v) is 4.01. The Balaban J connectivity index is 2.32. The van der Waals surface area contributed by atoms with Crippen molar-refractivity contribution in [3.8, 4) is 0 Å². The Hall–Kier alpha value is -1.35. The molecule has 0 spiro atoms. The van der Waals surface area contributed by atoms with Gasteiger partial charge in [-0.3, -0.25) is 0 Å². The highest BCUT2D eigenvalue weighted by Crippen LogP contribution is 2.32. The van der Waals surface area contributed by atoms with Crippen molar-refractivity contribution in [3.05, 3.63) is 35.3 Å². The molecule has 1 aromatic carbocycles. The highest BCUT2D eigenvalue weighted by molar-refractivity contribution is 5.82. The van der Waals surface area contributed by atoms with E-state index in [1.54, 1.807) is 6.07 Å². The van der Waals surface area contributed by atoms with Crippen molar-refractivity contribution in [2.45, 2.75) is 46.1 Å². The summed E-state index contributed by atoms with van der Waals surface area (Å²) in [6, 6.07) is 4.49. The van der Waals surface area contributed by atoms with Gasteiger partial charge in [0.05, 0.1) is 6.04 Å². The Morgan fingerprint density at radius 3 is 2.58 bits per heavy atom. The average molecular weight is 263 g/mol. The van der Waals surface area contributed by atoms with Gasteiger partial charge in [0.25, 0.3) is 0 Å². The van der Waals surface area contributed by atoms with Crippen LogP contribution >= 0.6 is 0 Å². The van der Waals surface area contributed by atoms with E-state index in [9.17, 15) is 4.39 Å². The van der Waals surface area contributed by atoms with Crippen LogP contribution in [-0.4, -0.2) is 0 Å². The molecule has 1 unspecified atom stereocenters. The molecule has 19 heavy (non-hydrogen) atoms. The van der Waals surface area contributed by atoms with Crippen LogP contribution in [0.15, 0.2) is 22.6 Å². The van der Waals surface area contributed by atoms with Crippen molar-refractivity contribution in [3.63, 3.8) is 0 Å². The molecule has 2 rings (SSSR count). The third kappa shape index (κ3) is 2.81. The van der Waals surface area contributed by atoms with Crippen LogP contribution in [0, 0.1) is 18.7 Å². The predicted molar refractivity (Wildman–Crippen MR) is 76.5 cm³/mol. The Kier molecular flexibility index (Phi) is 4.25. The fraction of sp³-hybridized carbons (Fsp3) is 0.500. The summed E-state index contributed by atoms with van der Waals surface area (Å²) in [6.07, 6.45) is 3.16. The van der Waals surface area contributed by atoms with Crippen LogP contribution in [-0.2, 0) is 0 Å². The van der Waals surface area contributed by atoms with Gasteiger partial charge in [0.1, 0.15) is 17.2 Å². The lowest BCUT2D eigenvalue weighted by Gasteiger charge is -2.17. The van der Waals surface area contributed by atoms with Crippen LogP contribution in [0.4, 0.5) is 4.39 Å². The summed E-state index contributed by atoms with van der Waals surface area (Å²) in [5.74, 6) is 1.17. The number of hydrogen-bond donors (Lipinski definition) is 1. The molecule has 3 heteroatoms. The number of hydrogen-bond acceptors (Lipinski definition) is 2. The van der Waals surface area contributed by atoms with Gasteiger partial charge in [-0.1, -0.05) is 26.7 Å². The minimum absolute atomic E-state index is 0.111. The number of rotatable bonds is 5. The molecule has 1 aromatic heterocycles. The molecular weight excluding hydrogens is 241 g/mol. The molecule has 0 saturated carbocycles. The second-order valence-corrected chi connectivity index (χ2v) is 5.26. The van der Waals surface area contributed by atoms with Gasteiger partial charge >= 0.3 is 0 Å². The van der Waals surface area contributed by atoms with Gasteiger partial charge in [-0.05, 0) is 37.5 Å². The van der Waals surface area contributed by atoms with Crippen LogP contribution in [0.5, 0.6) is 0 Å². The lowest BCUT2D eigenvalue weighted by Crippen LogP contribution is -2.15. The second kappa shape index (κ2) is 5.74. The molecule has 1 heterocycles. The standard InChI is InChI=1S/C16H22FNO/c1-4-11(5-2)8-14(18)16-10(3)13-9-12(17)6-7-15(13)19-16/h6-7,9,11,14H,4-5,8,18H2,1-3H3. The van der Waals surface area contributed by atoms with Crippen LogP contribution in [0.3, 0.4) is 0 Å². The van der Waals surface area contributed by atoms with Crippen LogP contribution < -0.4 is 5.73 Å². The minimum atomic E-state index is -0.239. The monoisotopic (exact) mass is 263 g/mol. The van der Waals surface area contributed by atoms with E-state index in [0.717, 1.165) is 36.0 Å². The molecule has 0 aliphatic heterocycles. The van der Waals surface area contributed by atoms with Crippen molar-refractivity contribution in [1.29, 1.82) is 0 Å². The molecule has 0 saturated heterocycles. The molecule has 0 bridgehead atoms. The van der Waals surface area contributed by atoms with E-state index >= 15 is 0 Å². The van der Waals surface area contributed by atoms with Gasteiger partial charge in [-0.2, -0.15) is 0 Å². The topological polar surface area (TPSA) is 39.2 Å². The van der Waals surface area contributed by atoms with Crippen LogP contribution in [0.25, 0.3) is 11.0 Å². The van der Waals surface area contributed by atoms with Gasteiger partial charge in [0.15, 0.2) is 0 Å². The number of nitrogens with two attached hydrogens (primary N) is 1. The summed E-state index contributed by atoms with van der Waals surface area (Å²) in [4.78, 5) is 0. The second-order valence-electron chi connectivity index (χ2n) is 5.26. The van der Waals surface area contributed by atoms with Crippen LogP contribution in [0.1, 0.15) is 50.5 Å². The van der Waals surface area contributed by atoms with Crippen molar-refractivity contribution in [1.82, 2.24) is 0 Å². The zero-order chi connectivity index (χ0) is 14.0. The molecule has 0 fully saturated rings. The summed E-state index contributed by atoms with van der Waals surface area (Å²) in [5, 5.41) is 0.829. The Labute approximate surface area is 113 Å². The summed E-state index contributed by atoms with van der Waals surface area (Å²) >= 11 is 0. The zero-order valence-corrected chi connectivity index (χ0v) is 11.9. The van der Waals surface area contributed by atoms with Crippen molar-refractivity contribution >= 4 is 11.0 Å². The number of aryl methyl sites for hydroxylation is 1. The quantitative estimate of drug-likeness (QED) is 0.848. The summed E-state index contributed by atoms with van der Waals surface area (Å²) in [5.41, 5.74) is 7.94. The first-order chi connectivity index (χ1) is 9.06. The van der Waals surface area contributed by atoms with Gasteiger partial charge in [0, 0.05) is 10.9 Å². The van der Waals surface area contributed by atoms with E-state index in [2.05, 4.69) is 13.8 Å². The molecule has 2 nitrogen and oxygen atoms in total.